The summed E-state index contributed by atoms with van der Waals surface area (Å²) in [5, 5.41) is 9.56. The van der Waals surface area contributed by atoms with Gasteiger partial charge in [0, 0.05) is 22.8 Å². The van der Waals surface area contributed by atoms with Crippen molar-refractivity contribution >= 4 is 28.4 Å². The third-order valence-corrected chi connectivity index (χ3v) is 3.18. The van der Waals surface area contributed by atoms with Gasteiger partial charge in [-0.1, -0.05) is 12.1 Å². The summed E-state index contributed by atoms with van der Waals surface area (Å²) in [5.41, 5.74) is 0.698. The molecule has 0 aliphatic rings. The number of nitrogens with zero attached hydrogens (tertiary/aromatic N) is 1. The summed E-state index contributed by atoms with van der Waals surface area (Å²) in [6, 6.07) is 7.47. The molecule has 0 spiro atoms. The summed E-state index contributed by atoms with van der Waals surface area (Å²) in [6.45, 7) is 0.993. The Kier molecular flexibility index (Phi) is 6.77. The predicted molar refractivity (Wildman–Crippen MR) is 78.9 cm³/mol. The van der Waals surface area contributed by atoms with Crippen molar-refractivity contribution in [2.75, 3.05) is 33.9 Å². The van der Waals surface area contributed by atoms with Crippen LogP contribution >= 0.6 is 22.6 Å². The molecule has 1 unspecified atom stereocenters. The number of halogens is 1. The Morgan fingerprint density at radius 1 is 1.44 bits per heavy atom. The summed E-state index contributed by atoms with van der Waals surface area (Å²) in [6.07, 6.45) is -0.565. The molecular formula is C13H18INO3. The first-order valence-electron chi connectivity index (χ1n) is 5.67. The van der Waals surface area contributed by atoms with Crippen LogP contribution in [-0.4, -0.2) is 55.7 Å². The Morgan fingerprint density at radius 3 is 2.61 bits per heavy atom. The Hall–Kier alpha value is -0.500. The first kappa shape index (κ1) is 15.6. The Bertz CT molecular complexity index is 380. The number of carbonyl (C=O) groups excluding carboxylic acids is 1. The van der Waals surface area contributed by atoms with E-state index in [-0.39, 0.29) is 12.4 Å². The molecule has 0 radical (unpaired) electrons. The first-order valence-corrected chi connectivity index (χ1v) is 6.75. The van der Waals surface area contributed by atoms with Gasteiger partial charge in [-0.05, 0) is 41.8 Å². The number of Topliss-reactive ketones (excluding diaryl/α,β-unsaturated/α-hetero) is 1. The van der Waals surface area contributed by atoms with Crippen molar-refractivity contribution in [3.63, 3.8) is 0 Å². The van der Waals surface area contributed by atoms with Gasteiger partial charge in [0.05, 0.1) is 19.3 Å². The van der Waals surface area contributed by atoms with Crippen LogP contribution in [0.4, 0.5) is 0 Å². The van der Waals surface area contributed by atoms with Crippen LogP contribution in [0.2, 0.25) is 0 Å². The minimum atomic E-state index is -0.565. The SMILES string of the molecule is COCC(O)CN(C)CC(=O)c1ccc(I)cc1. The molecule has 0 amide bonds. The number of likely N-dealkylation sites (N-methyl/N-ethyl adjacent to an activating group) is 1. The van der Waals surface area contributed by atoms with Gasteiger partial charge in [-0.15, -0.1) is 0 Å². The van der Waals surface area contributed by atoms with E-state index in [1.54, 1.807) is 12.0 Å². The van der Waals surface area contributed by atoms with Crippen molar-refractivity contribution in [3.8, 4) is 0 Å². The molecule has 0 fully saturated rings. The van der Waals surface area contributed by atoms with Crippen molar-refractivity contribution in [1.29, 1.82) is 0 Å². The molecule has 1 aromatic rings. The summed E-state index contributed by atoms with van der Waals surface area (Å²) in [4.78, 5) is 13.7. The minimum Gasteiger partial charge on any atom is -0.389 e. The van der Waals surface area contributed by atoms with Crippen LogP contribution in [-0.2, 0) is 4.74 Å². The lowest BCUT2D eigenvalue weighted by Crippen LogP contribution is -2.35. The van der Waals surface area contributed by atoms with Crippen molar-refractivity contribution in [1.82, 2.24) is 4.90 Å². The second-order valence-corrected chi connectivity index (χ2v) is 5.48. The van der Waals surface area contributed by atoms with Crippen LogP contribution < -0.4 is 0 Å². The molecule has 1 atom stereocenters. The van der Waals surface area contributed by atoms with E-state index >= 15 is 0 Å². The summed E-state index contributed by atoms with van der Waals surface area (Å²) >= 11 is 2.20. The number of rotatable bonds is 7. The minimum absolute atomic E-state index is 0.0542. The lowest BCUT2D eigenvalue weighted by atomic mass is 10.1. The Balaban J connectivity index is 2.46. The van der Waals surface area contributed by atoms with E-state index in [1.165, 1.54) is 0 Å². The first-order chi connectivity index (χ1) is 8.52. The molecule has 1 N–H and O–H groups in total. The van der Waals surface area contributed by atoms with Crippen LogP contribution in [0.3, 0.4) is 0 Å². The second kappa shape index (κ2) is 7.83. The molecule has 1 rings (SSSR count). The summed E-state index contributed by atoms with van der Waals surface area (Å²) < 4.78 is 5.95. The quantitative estimate of drug-likeness (QED) is 0.588. The molecule has 100 valence electrons. The number of ketones is 1. The molecule has 0 aliphatic carbocycles. The lowest BCUT2D eigenvalue weighted by molar-refractivity contribution is 0.0427. The van der Waals surface area contributed by atoms with Gasteiger partial charge in [0.25, 0.3) is 0 Å². The highest BCUT2D eigenvalue weighted by atomic mass is 127. The van der Waals surface area contributed by atoms with Gasteiger partial charge in [-0.2, -0.15) is 0 Å². The Labute approximate surface area is 121 Å². The molecule has 0 saturated carbocycles. The third kappa shape index (κ3) is 5.43. The van der Waals surface area contributed by atoms with E-state index in [2.05, 4.69) is 22.6 Å². The zero-order valence-corrected chi connectivity index (χ0v) is 12.8. The van der Waals surface area contributed by atoms with Crippen molar-refractivity contribution < 1.29 is 14.6 Å². The molecule has 1 aromatic carbocycles. The number of benzene rings is 1. The lowest BCUT2D eigenvalue weighted by Gasteiger charge is -2.19. The van der Waals surface area contributed by atoms with E-state index < -0.39 is 6.10 Å². The van der Waals surface area contributed by atoms with Gasteiger partial charge in [-0.25, -0.2) is 0 Å². The normalized spacial score (nSPS) is 12.7. The fourth-order valence-electron chi connectivity index (χ4n) is 1.64. The van der Waals surface area contributed by atoms with Crippen LogP contribution in [0.15, 0.2) is 24.3 Å². The van der Waals surface area contributed by atoms with Gasteiger partial charge >= 0.3 is 0 Å². The van der Waals surface area contributed by atoms with Crippen molar-refractivity contribution in [3.05, 3.63) is 33.4 Å². The molecule has 0 aliphatic heterocycles. The number of hydrogen-bond donors (Lipinski definition) is 1. The number of ether oxygens (including phenoxy) is 1. The largest absolute Gasteiger partial charge is 0.389 e. The molecule has 0 aromatic heterocycles. The molecular weight excluding hydrogens is 345 g/mol. The molecule has 0 bridgehead atoms. The standard InChI is InChI=1S/C13H18INO3/c1-15(7-12(16)9-18-2)8-13(17)10-3-5-11(14)6-4-10/h3-6,12,16H,7-9H2,1-2H3. The molecule has 4 nitrogen and oxygen atoms in total. The maximum atomic E-state index is 11.9. The number of methoxy groups -OCH3 is 1. The van der Waals surface area contributed by atoms with E-state index in [4.69, 9.17) is 4.74 Å². The predicted octanol–water partition coefficient (Wildman–Crippen LogP) is 1.41. The number of aliphatic hydroxyl groups is 1. The van der Waals surface area contributed by atoms with Gasteiger partial charge in [0.15, 0.2) is 5.78 Å². The van der Waals surface area contributed by atoms with E-state index in [0.717, 1.165) is 3.57 Å². The highest BCUT2D eigenvalue weighted by Gasteiger charge is 2.12. The monoisotopic (exact) mass is 363 g/mol. The van der Waals surface area contributed by atoms with Crippen LogP contribution in [0.5, 0.6) is 0 Å². The average Bonchev–Trinajstić information content (AvgIpc) is 2.29. The highest BCUT2D eigenvalue weighted by molar-refractivity contribution is 14.1. The maximum absolute atomic E-state index is 11.9. The van der Waals surface area contributed by atoms with Crippen molar-refractivity contribution in [2.45, 2.75) is 6.10 Å². The highest BCUT2D eigenvalue weighted by Crippen LogP contribution is 2.08. The molecule has 0 heterocycles. The van der Waals surface area contributed by atoms with E-state index in [1.807, 2.05) is 31.3 Å². The van der Waals surface area contributed by atoms with Gasteiger partial charge in [-0.3, -0.25) is 9.69 Å². The summed E-state index contributed by atoms with van der Waals surface area (Å²) in [7, 11) is 3.35. The molecule has 5 heteroatoms. The smallest absolute Gasteiger partial charge is 0.176 e. The van der Waals surface area contributed by atoms with Crippen LogP contribution in [0, 0.1) is 3.57 Å². The van der Waals surface area contributed by atoms with Crippen LogP contribution in [0.1, 0.15) is 10.4 Å². The number of aliphatic hydroxyl groups excluding tert-OH is 1. The van der Waals surface area contributed by atoms with Crippen LogP contribution in [0.25, 0.3) is 0 Å². The molecule has 18 heavy (non-hydrogen) atoms. The third-order valence-electron chi connectivity index (χ3n) is 2.46. The zero-order valence-electron chi connectivity index (χ0n) is 10.6. The molecule has 0 saturated heterocycles. The summed E-state index contributed by atoms with van der Waals surface area (Å²) in [5.74, 6) is 0.0542. The number of hydrogen-bond acceptors (Lipinski definition) is 4. The van der Waals surface area contributed by atoms with Gasteiger partial charge < -0.3 is 9.84 Å². The van der Waals surface area contributed by atoms with E-state index in [0.29, 0.717) is 18.7 Å². The number of carbonyl (C=O) groups is 1. The van der Waals surface area contributed by atoms with Crippen molar-refractivity contribution in [2.24, 2.45) is 0 Å². The fourth-order valence-corrected chi connectivity index (χ4v) is 2.00. The Morgan fingerprint density at radius 2 is 2.06 bits per heavy atom. The average molecular weight is 363 g/mol. The second-order valence-electron chi connectivity index (χ2n) is 4.24. The fraction of sp³-hybridized carbons (Fsp3) is 0.462. The van der Waals surface area contributed by atoms with E-state index in [9.17, 15) is 9.90 Å². The maximum Gasteiger partial charge on any atom is 0.176 e. The topological polar surface area (TPSA) is 49.8 Å². The zero-order chi connectivity index (χ0) is 13.5. The van der Waals surface area contributed by atoms with Gasteiger partial charge in [0.2, 0.25) is 0 Å². The van der Waals surface area contributed by atoms with Gasteiger partial charge in [0.1, 0.15) is 0 Å².